The molecule has 2 heterocycles. The van der Waals surface area contributed by atoms with Crippen LogP contribution in [-0.2, 0) is 9.59 Å². The van der Waals surface area contributed by atoms with E-state index in [1.165, 1.54) is 6.92 Å². The number of nitrogens with one attached hydrogen (secondary N) is 1. The minimum absolute atomic E-state index is 0.0589. The molecule has 2 saturated heterocycles. The van der Waals surface area contributed by atoms with Gasteiger partial charge in [-0.25, -0.2) is 0 Å². The third-order valence-electron chi connectivity index (χ3n) is 4.03. The first-order chi connectivity index (χ1) is 9.13. The summed E-state index contributed by atoms with van der Waals surface area (Å²) in [5.41, 5.74) is 1.98. The molecule has 2 fully saturated rings. The van der Waals surface area contributed by atoms with Gasteiger partial charge in [0, 0.05) is 43.2 Å². The van der Waals surface area contributed by atoms with Gasteiger partial charge in [-0.15, -0.1) is 0 Å². The predicted octanol–water partition coefficient (Wildman–Crippen LogP) is 2.35. The summed E-state index contributed by atoms with van der Waals surface area (Å²) in [6.07, 6.45) is 3.60. The van der Waals surface area contributed by atoms with E-state index in [4.69, 9.17) is 0 Å². The largest absolute Gasteiger partial charge is 0.365 e. The fourth-order valence-corrected chi connectivity index (χ4v) is 3.31. The molecule has 1 aromatic carbocycles. The van der Waals surface area contributed by atoms with Gasteiger partial charge >= 0.3 is 0 Å². The zero-order chi connectivity index (χ0) is 13.4. The lowest BCUT2D eigenvalue weighted by Gasteiger charge is -2.36. The molecule has 1 N–H and O–H groups in total. The van der Waals surface area contributed by atoms with Crippen LogP contribution in [0.4, 0.5) is 11.4 Å². The number of hydrogen-bond donors (Lipinski definition) is 1. The Hall–Kier alpha value is -1.84. The van der Waals surface area contributed by atoms with Crippen molar-refractivity contribution in [2.45, 2.75) is 44.7 Å². The average molecular weight is 258 g/mol. The highest BCUT2D eigenvalue weighted by atomic mass is 16.1. The second kappa shape index (κ2) is 4.68. The Morgan fingerprint density at radius 2 is 1.74 bits per heavy atom. The summed E-state index contributed by atoms with van der Waals surface area (Å²) in [5.74, 6) is 0.343. The van der Waals surface area contributed by atoms with Crippen LogP contribution in [0.5, 0.6) is 0 Å². The Labute approximate surface area is 112 Å². The molecule has 2 aliphatic heterocycles. The van der Waals surface area contributed by atoms with E-state index in [2.05, 4.69) is 10.2 Å². The van der Waals surface area contributed by atoms with Gasteiger partial charge in [0.1, 0.15) is 5.78 Å². The lowest BCUT2D eigenvalue weighted by Crippen LogP contribution is -2.43. The summed E-state index contributed by atoms with van der Waals surface area (Å²) >= 11 is 0. The summed E-state index contributed by atoms with van der Waals surface area (Å²) in [6.45, 7) is 1.50. The number of carbonyl (C=O) groups excluding carboxylic acids is 2. The maximum absolute atomic E-state index is 11.6. The van der Waals surface area contributed by atoms with Crippen LogP contribution in [0.15, 0.2) is 24.3 Å². The van der Waals surface area contributed by atoms with Gasteiger partial charge in [0.25, 0.3) is 0 Å². The zero-order valence-electron chi connectivity index (χ0n) is 11.1. The van der Waals surface area contributed by atoms with Crippen LogP contribution in [0.1, 0.15) is 32.6 Å². The van der Waals surface area contributed by atoms with E-state index < -0.39 is 0 Å². The first kappa shape index (κ1) is 12.2. The van der Waals surface area contributed by atoms with Gasteiger partial charge < -0.3 is 10.2 Å². The third-order valence-corrected chi connectivity index (χ3v) is 4.03. The minimum atomic E-state index is -0.0589. The number of nitrogens with zero attached hydrogens (tertiary/aromatic N) is 1. The molecular formula is C15H18N2O2. The smallest absolute Gasteiger partial charge is 0.221 e. The predicted molar refractivity (Wildman–Crippen MR) is 74.3 cm³/mol. The molecule has 2 unspecified atom stereocenters. The molecule has 0 radical (unpaired) electrons. The summed E-state index contributed by atoms with van der Waals surface area (Å²) in [4.78, 5) is 25.0. The van der Waals surface area contributed by atoms with Gasteiger partial charge in [0.2, 0.25) is 5.91 Å². The average Bonchev–Trinajstić information content (AvgIpc) is 2.63. The normalized spacial score (nSPS) is 25.5. The molecule has 0 aromatic heterocycles. The lowest BCUT2D eigenvalue weighted by atomic mass is 10.0. The summed E-state index contributed by atoms with van der Waals surface area (Å²) in [6, 6.07) is 8.66. The topological polar surface area (TPSA) is 49.4 Å². The number of benzene rings is 1. The molecule has 0 spiro atoms. The van der Waals surface area contributed by atoms with Gasteiger partial charge in [-0.05, 0) is 37.1 Å². The molecule has 2 atom stereocenters. The van der Waals surface area contributed by atoms with Crippen molar-refractivity contribution in [2.24, 2.45) is 0 Å². The maximum atomic E-state index is 11.6. The van der Waals surface area contributed by atoms with Gasteiger partial charge in [-0.3, -0.25) is 9.59 Å². The number of anilines is 2. The molecule has 1 aromatic rings. The van der Waals surface area contributed by atoms with Crippen molar-refractivity contribution >= 4 is 23.1 Å². The van der Waals surface area contributed by atoms with E-state index in [-0.39, 0.29) is 5.91 Å². The van der Waals surface area contributed by atoms with Crippen molar-refractivity contribution in [3.63, 3.8) is 0 Å². The van der Waals surface area contributed by atoms with Crippen LogP contribution >= 0.6 is 0 Å². The SMILES string of the molecule is CC(=O)Nc1ccc(N2C3CCC2CC(=O)C3)cc1. The molecular weight excluding hydrogens is 240 g/mol. The minimum Gasteiger partial charge on any atom is -0.365 e. The van der Waals surface area contributed by atoms with Gasteiger partial charge in [0.05, 0.1) is 0 Å². The fourth-order valence-electron chi connectivity index (χ4n) is 3.31. The second-order valence-electron chi connectivity index (χ2n) is 5.47. The number of fused-ring (bicyclic) bond motifs is 2. The van der Waals surface area contributed by atoms with Crippen LogP contribution in [0.25, 0.3) is 0 Å². The molecule has 100 valence electrons. The van der Waals surface area contributed by atoms with Gasteiger partial charge in [-0.1, -0.05) is 0 Å². The number of carbonyl (C=O) groups is 2. The van der Waals surface area contributed by atoms with Crippen LogP contribution < -0.4 is 10.2 Å². The van der Waals surface area contributed by atoms with E-state index >= 15 is 0 Å². The number of ketones is 1. The van der Waals surface area contributed by atoms with Crippen LogP contribution in [0.3, 0.4) is 0 Å². The van der Waals surface area contributed by atoms with E-state index in [1.54, 1.807) is 0 Å². The standard InChI is InChI=1S/C15H18N2O2/c1-10(18)16-11-2-4-12(5-3-11)17-13-6-7-14(17)9-15(19)8-13/h2-5,13-14H,6-9H2,1H3,(H,16,18). The number of piperidine rings is 1. The first-order valence-corrected chi connectivity index (χ1v) is 6.81. The van der Waals surface area contributed by atoms with Crippen LogP contribution in [0, 0.1) is 0 Å². The van der Waals surface area contributed by atoms with E-state index in [9.17, 15) is 9.59 Å². The molecule has 0 aliphatic carbocycles. The molecule has 4 nitrogen and oxygen atoms in total. The highest BCUT2D eigenvalue weighted by Crippen LogP contribution is 2.38. The second-order valence-corrected chi connectivity index (χ2v) is 5.47. The molecule has 2 bridgehead atoms. The number of rotatable bonds is 2. The van der Waals surface area contributed by atoms with Crippen molar-refractivity contribution in [2.75, 3.05) is 10.2 Å². The summed E-state index contributed by atoms with van der Waals surface area (Å²) in [5, 5.41) is 2.77. The quantitative estimate of drug-likeness (QED) is 0.885. The molecule has 2 aliphatic rings. The third kappa shape index (κ3) is 2.35. The summed E-state index contributed by atoms with van der Waals surface area (Å²) in [7, 11) is 0. The molecule has 0 saturated carbocycles. The molecule has 3 rings (SSSR count). The van der Waals surface area contributed by atoms with Crippen LogP contribution in [-0.4, -0.2) is 23.8 Å². The van der Waals surface area contributed by atoms with E-state index in [0.717, 1.165) is 24.2 Å². The molecule has 1 amide bonds. The highest BCUT2D eigenvalue weighted by molar-refractivity contribution is 5.89. The molecule has 19 heavy (non-hydrogen) atoms. The van der Waals surface area contributed by atoms with Crippen molar-refractivity contribution in [3.05, 3.63) is 24.3 Å². The van der Waals surface area contributed by atoms with Crippen LogP contribution in [0.2, 0.25) is 0 Å². The van der Waals surface area contributed by atoms with E-state index in [0.29, 0.717) is 30.7 Å². The van der Waals surface area contributed by atoms with Crippen molar-refractivity contribution < 1.29 is 9.59 Å². The van der Waals surface area contributed by atoms with E-state index in [1.807, 2.05) is 24.3 Å². The van der Waals surface area contributed by atoms with Crippen molar-refractivity contribution in [3.8, 4) is 0 Å². The Balaban J connectivity index is 1.79. The number of Topliss-reactive ketones (excluding diaryl/α,β-unsaturated/α-hetero) is 1. The maximum Gasteiger partial charge on any atom is 0.221 e. The Morgan fingerprint density at radius 3 is 2.26 bits per heavy atom. The number of hydrogen-bond acceptors (Lipinski definition) is 3. The molecule has 4 heteroatoms. The van der Waals surface area contributed by atoms with Crippen molar-refractivity contribution in [1.29, 1.82) is 0 Å². The van der Waals surface area contributed by atoms with Gasteiger partial charge in [0.15, 0.2) is 0 Å². The Bertz CT molecular complexity index is 493. The highest BCUT2D eigenvalue weighted by Gasteiger charge is 2.39. The first-order valence-electron chi connectivity index (χ1n) is 6.81. The fraction of sp³-hybridized carbons (Fsp3) is 0.467. The Morgan fingerprint density at radius 1 is 1.16 bits per heavy atom. The lowest BCUT2D eigenvalue weighted by molar-refractivity contribution is -0.120. The van der Waals surface area contributed by atoms with Gasteiger partial charge in [-0.2, -0.15) is 0 Å². The summed E-state index contributed by atoms with van der Waals surface area (Å²) < 4.78 is 0. The number of amides is 1. The zero-order valence-corrected chi connectivity index (χ0v) is 11.1. The Kier molecular flexibility index (Phi) is 3.01. The monoisotopic (exact) mass is 258 g/mol. The van der Waals surface area contributed by atoms with Crippen molar-refractivity contribution in [1.82, 2.24) is 0 Å².